The fraction of sp³-hybridized carbons (Fsp3) is 0.0435. The second kappa shape index (κ2) is 7.98. The zero-order chi connectivity index (χ0) is 21.3. The third kappa shape index (κ3) is 4.08. The molecule has 0 saturated carbocycles. The Labute approximate surface area is 183 Å². The molecule has 1 N–H and O–H groups in total. The van der Waals surface area contributed by atoms with Crippen LogP contribution in [0.3, 0.4) is 0 Å². The number of nitrogens with one attached hydrogen (secondary N) is 1. The quantitative estimate of drug-likeness (QED) is 0.398. The molecule has 154 valence electrons. The summed E-state index contributed by atoms with van der Waals surface area (Å²) in [6.45, 7) is 0.470. The fourth-order valence-corrected chi connectivity index (χ4v) is 5.61. The minimum Gasteiger partial charge on any atom is -0.266 e. The van der Waals surface area contributed by atoms with Crippen molar-refractivity contribution >= 4 is 36.7 Å². The molecule has 0 bridgehead atoms. The second-order valence-electron chi connectivity index (χ2n) is 6.98. The smallest absolute Gasteiger partial charge is 0.266 e. The number of thiazole rings is 1. The number of para-hydroxylation sites is 1. The topological polar surface area (TPSA) is 76.9 Å². The highest BCUT2D eigenvalue weighted by Crippen LogP contribution is 2.31. The minimum absolute atomic E-state index is 0.119. The summed E-state index contributed by atoms with van der Waals surface area (Å²) in [5.41, 5.74) is 2.94. The summed E-state index contributed by atoms with van der Waals surface area (Å²) < 4.78 is 31.9. The Morgan fingerprint density at radius 1 is 0.871 bits per heavy atom. The van der Waals surface area contributed by atoms with Gasteiger partial charge < -0.3 is 0 Å². The lowest BCUT2D eigenvalue weighted by atomic mass is 10.2. The lowest BCUT2D eigenvalue weighted by Gasteiger charge is -2.05. The maximum atomic E-state index is 13.3. The van der Waals surface area contributed by atoms with Crippen molar-refractivity contribution in [3.63, 3.8) is 0 Å². The lowest BCUT2D eigenvalue weighted by Crippen LogP contribution is -2.13. The number of rotatable bonds is 6. The Bertz CT molecular complexity index is 1410. The number of hydrogen-bond donors (Lipinski definition) is 1. The molecule has 3 aromatic carbocycles. The molecule has 0 aliphatic carbocycles. The number of hydrogen-bond acceptors (Lipinski definition) is 5. The van der Waals surface area contributed by atoms with Crippen LogP contribution in [0.5, 0.6) is 0 Å². The minimum atomic E-state index is -3.90. The van der Waals surface area contributed by atoms with Crippen molar-refractivity contribution in [1.29, 1.82) is 0 Å². The number of sulfonamides is 1. The van der Waals surface area contributed by atoms with E-state index in [1.165, 1.54) is 11.3 Å². The van der Waals surface area contributed by atoms with Gasteiger partial charge in [-0.2, -0.15) is 5.10 Å². The van der Waals surface area contributed by atoms with Crippen LogP contribution in [0.4, 0.5) is 5.13 Å². The summed E-state index contributed by atoms with van der Waals surface area (Å²) in [4.78, 5) is 4.52. The average molecular weight is 447 g/mol. The normalized spacial score (nSPS) is 11.6. The largest absolute Gasteiger partial charge is 0.267 e. The first-order chi connectivity index (χ1) is 15.1. The molecule has 8 heteroatoms. The molecule has 0 spiro atoms. The first-order valence-corrected chi connectivity index (χ1v) is 11.9. The summed E-state index contributed by atoms with van der Waals surface area (Å²) in [6, 6.07) is 26.7. The van der Waals surface area contributed by atoms with Crippen LogP contribution in [-0.2, 0) is 16.6 Å². The highest BCUT2D eigenvalue weighted by Gasteiger charge is 2.25. The Balaban J connectivity index is 1.55. The molecule has 31 heavy (non-hydrogen) atoms. The van der Waals surface area contributed by atoms with E-state index in [1.54, 1.807) is 10.9 Å². The van der Waals surface area contributed by atoms with Crippen molar-refractivity contribution in [3.8, 4) is 11.3 Å². The molecular weight excluding hydrogens is 428 g/mol. The number of nitrogens with zero attached hydrogens (tertiary/aromatic N) is 3. The predicted molar refractivity (Wildman–Crippen MR) is 124 cm³/mol. The zero-order valence-electron chi connectivity index (χ0n) is 16.3. The Kier molecular flexibility index (Phi) is 5.01. The molecule has 0 unspecified atom stereocenters. The van der Waals surface area contributed by atoms with E-state index >= 15 is 0 Å². The van der Waals surface area contributed by atoms with Gasteiger partial charge in [0.05, 0.1) is 16.8 Å². The summed E-state index contributed by atoms with van der Waals surface area (Å²) in [5.74, 6) is 0. The van der Waals surface area contributed by atoms with Crippen molar-refractivity contribution in [3.05, 3.63) is 96.7 Å². The van der Waals surface area contributed by atoms with E-state index in [4.69, 9.17) is 0 Å². The number of aromatic nitrogens is 3. The monoisotopic (exact) mass is 446 g/mol. The van der Waals surface area contributed by atoms with Crippen molar-refractivity contribution in [2.45, 2.75) is 11.4 Å². The van der Waals surface area contributed by atoms with E-state index in [0.717, 1.165) is 21.3 Å². The SMILES string of the molecule is O=S(=O)(Nc1nc2ccccc2s1)c1cn(Cc2ccccc2)nc1-c1ccccc1. The summed E-state index contributed by atoms with van der Waals surface area (Å²) in [5, 5.41) is 4.94. The number of fused-ring (bicyclic) bond motifs is 1. The van der Waals surface area contributed by atoms with Gasteiger partial charge >= 0.3 is 0 Å². The molecular formula is C23H18N4O2S2. The van der Waals surface area contributed by atoms with E-state index in [-0.39, 0.29) is 4.90 Å². The fourth-order valence-electron chi connectivity index (χ4n) is 3.33. The molecule has 0 amide bonds. The van der Waals surface area contributed by atoms with Gasteiger partial charge in [-0.25, -0.2) is 13.4 Å². The molecule has 0 fully saturated rings. The Hall–Kier alpha value is -3.49. The van der Waals surface area contributed by atoms with Gasteiger partial charge in [-0.1, -0.05) is 84.1 Å². The van der Waals surface area contributed by atoms with Crippen molar-refractivity contribution in [2.24, 2.45) is 0 Å². The third-order valence-electron chi connectivity index (χ3n) is 4.77. The van der Waals surface area contributed by atoms with Crippen LogP contribution in [0.2, 0.25) is 0 Å². The van der Waals surface area contributed by atoms with Crippen LogP contribution in [-0.4, -0.2) is 23.2 Å². The number of anilines is 1. The van der Waals surface area contributed by atoms with Gasteiger partial charge in [0, 0.05) is 11.8 Å². The third-order valence-corrected chi connectivity index (χ3v) is 7.19. The van der Waals surface area contributed by atoms with Crippen LogP contribution in [0.15, 0.2) is 96.0 Å². The molecule has 0 aliphatic rings. The van der Waals surface area contributed by atoms with Crippen LogP contribution in [0, 0.1) is 0 Å². The molecule has 6 nitrogen and oxygen atoms in total. The second-order valence-corrected chi connectivity index (χ2v) is 9.66. The summed E-state index contributed by atoms with van der Waals surface area (Å²) >= 11 is 1.30. The summed E-state index contributed by atoms with van der Waals surface area (Å²) in [6.07, 6.45) is 1.57. The van der Waals surface area contributed by atoms with E-state index in [0.29, 0.717) is 17.4 Å². The van der Waals surface area contributed by atoms with Gasteiger partial charge in [0.2, 0.25) is 0 Å². The van der Waals surface area contributed by atoms with Crippen molar-refractivity contribution < 1.29 is 8.42 Å². The summed E-state index contributed by atoms with van der Waals surface area (Å²) in [7, 11) is -3.90. The van der Waals surface area contributed by atoms with Crippen LogP contribution >= 0.6 is 11.3 Å². The number of benzene rings is 3. The van der Waals surface area contributed by atoms with Crippen LogP contribution < -0.4 is 4.72 Å². The van der Waals surface area contributed by atoms with E-state index in [1.807, 2.05) is 84.9 Å². The molecule has 0 saturated heterocycles. The van der Waals surface area contributed by atoms with Crippen LogP contribution in [0.1, 0.15) is 5.56 Å². The van der Waals surface area contributed by atoms with Gasteiger partial charge in [-0.3, -0.25) is 9.40 Å². The van der Waals surface area contributed by atoms with Crippen LogP contribution in [0.25, 0.3) is 21.5 Å². The highest BCUT2D eigenvalue weighted by atomic mass is 32.2. The molecule has 2 aromatic heterocycles. The molecule has 0 aliphatic heterocycles. The highest BCUT2D eigenvalue weighted by molar-refractivity contribution is 7.93. The maximum Gasteiger partial charge on any atom is 0.267 e. The van der Waals surface area contributed by atoms with Gasteiger partial charge in [0.15, 0.2) is 5.13 Å². The molecule has 0 atom stereocenters. The van der Waals surface area contributed by atoms with E-state index in [9.17, 15) is 8.42 Å². The van der Waals surface area contributed by atoms with Crippen molar-refractivity contribution in [2.75, 3.05) is 4.72 Å². The Morgan fingerprint density at radius 3 is 2.29 bits per heavy atom. The lowest BCUT2D eigenvalue weighted by molar-refractivity contribution is 0.601. The zero-order valence-corrected chi connectivity index (χ0v) is 18.0. The standard InChI is InChI=1S/C23H18N4O2S2/c28-31(29,26-23-24-19-13-7-8-14-20(19)30-23)21-16-27(15-17-9-3-1-4-10-17)25-22(21)18-11-5-2-6-12-18/h1-14,16H,15H2,(H,24,26). The Morgan fingerprint density at radius 2 is 1.55 bits per heavy atom. The van der Waals surface area contributed by atoms with Gasteiger partial charge in [-0.15, -0.1) is 0 Å². The average Bonchev–Trinajstić information content (AvgIpc) is 3.39. The van der Waals surface area contributed by atoms with E-state index < -0.39 is 10.0 Å². The predicted octanol–water partition coefficient (Wildman–Crippen LogP) is 5.01. The maximum absolute atomic E-state index is 13.3. The molecule has 5 aromatic rings. The first kappa shape index (κ1) is 19.5. The van der Waals surface area contributed by atoms with Gasteiger partial charge in [0.1, 0.15) is 10.6 Å². The van der Waals surface area contributed by atoms with Gasteiger partial charge in [0.25, 0.3) is 10.0 Å². The molecule has 5 rings (SSSR count). The van der Waals surface area contributed by atoms with Crippen molar-refractivity contribution in [1.82, 2.24) is 14.8 Å². The van der Waals surface area contributed by atoms with Gasteiger partial charge in [-0.05, 0) is 17.7 Å². The molecule has 0 radical (unpaired) electrons. The molecule has 2 heterocycles. The van der Waals surface area contributed by atoms with E-state index in [2.05, 4.69) is 14.8 Å². The first-order valence-electron chi connectivity index (χ1n) is 9.64.